The molecule has 4 rings (SSSR count). The van der Waals surface area contributed by atoms with Crippen LogP contribution in [-0.2, 0) is 11.3 Å². The van der Waals surface area contributed by atoms with Crippen LogP contribution >= 0.6 is 0 Å². The highest BCUT2D eigenvalue weighted by molar-refractivity contribution is 5.94. The molecular weight excluding hydrogens is 384 g/mol. The van der Waals surface area contributed by atoms with E-state index in [1.807, 2.05) is 0 Å². The first-order valence-corrected chi connectivity index (χ1v) is 10.3. The molecule has 8 nitrogen and oxygen atoms in total. The molecule has 2 saturated heterocycles. The first-order valence-electron chi connectivity index (χ1n) is 10.3. The van der Waals surface area contributed by atoms with Crippen molar-refractivity contribution >= 4 is 23.2 Å². The van der Waals surface area contributed by atoms with Gasteiger partial charge >= 0.3 is 6.09 Å². The van der Waals surface area contributed by atoms with Gasteiger partial charge in [0.15, 0.2) is 0 Å². The number of nitro benzene ring substituents is 1. The average Bonchev–Trinajstić information content (AvgIpc) is 3.15. The van der Waals surface area contributed by atoms with Crippen LogP contribution in [0.25, 0.3) is 0 Å². The van der Waals surface area contributed by atoms with Gasteiger partial charge in [0.1, 0.15) is 6.61 Å². The molecule has 0 spiro atoms. The van der Waals surface area contributed by atoms with Gasteiger partial charge in [-0.25, -0.2) is 4.79 Å². The smallest absolute Gasteiger partial charge is 0.414 e. The van der Waals surface area contributed by atoms with Crippen LogP contribution in [0.15, 0.2) is 42.5 Å². The second-order valence-corrected chi connectivity index (χ2v) is 7.91. The van der Waals surface area contributed by atoms with Gasteiger partial charge in [-0.15, -0.1) is 0 Å². The number of rotatable bonds is 6. The molecule has 2 aliphatic heterocycles. The summed E-state index contributed by atoms with van der Waals surface area (Å²) in [5, 5.41) is 14.7. The third-order valence-electron chi connectivity index (χ3n) is 5.68. The monoisotopic (exact) mass is 410 g/mol. The minimum absolute atomic E-state index is 0.0387. The molecule has 2 fully saturated rings. The summed E-state index contributed by atoms with van der Waals surface area (Å²) in [5.74, 6) is 0. The van der Waals surface area contributed by atoms with Crippen LogP contribution in [0, 0.1) is 17.0 Å². The van der Waals surface area contributed by atoms with Crippen molar-refractivity contribution < 1.29 is 14.5 Å². The molecule has 0 radical (unpaired) electrons. The molecule has 0 saturated carbocycles. The minimum Gasteiger partial charge on any atom is -0.447 e. The summed E-state index contributed by atoms with van der Waals surface area (Å²) in [6, 6.07) is 13.5. The zero-order valence-corrected chi connectivity index (χ0v) is 17.0. The average molecular weight is 410 g/mol. The summed E-state index contributed by atoms with van der Waals surface area (Å²) in [6.45, 7) is 5.68. The van der Waals surface area contributed by atoms with Crippen molar-refractivity contribution in [3.8, 4) is 0 Å². The summed E-state index contributed by atoms with van der Waals surface area (Å²) >= 11 is 0. The van der Waals surface area contributed by atoms with Crippen LogP contribution in [0.1, 0.15) is 24.0 Å². The highest BCUT2D eigenvalue weighted by Gasteiger charge is 2.29. The quantitative estimate of drug-likeness (QED) is 0.573. The van der Waals surface area contributed by atoms with Gasteiger partial charge in [0.2, 0.25) is 0 Å². The fourth-order valence-corrected chi connectivity index (χ4v) is 4.12. The lowest BCUT2D eigenvalue weighted by Crippen LogP contribution is -2.39. The molecule has 2 aliphatic rings. The zero-order chi connectivity index (χ0) is 21.1. The number of aryl methyl sites for hydroxylation is 1. The number of hydrogen-bond acceptors (Lipinski definition) is 6. The first kappa shape index (κ1) is 20.2. The van der Waals surface area contributed by atoms with Gasteiger partial charge in [-0.2, -0.15) is 0 Å². The Labute approximate surface area is 175 Å². The molecule has 1 N–H and O–H groups in total. The Morgan fingerprint density at radius 3 is 2.63 bits per heavy atom. The Kier molecular flexibility index (Phi) is 5.85. The lowest BCUT2D eigenvalue weighted by molar-refractivity contribution is -0.384. The van der Waals surface area contributed by atoms with Gasteiger partial charge in [0.05, 0.1) is 22.8 Å². The largest absolute Gasteiger partial charge is 0.447 e. The van der Waals surface area contributed by atoms with Crippen LogP contribution in [-0.4, -0.2) is 48.2 Å². The maximum absolute atomic E-state index is 12.0. The maximum atomic E-state index is 12.0. The fourth-order valence-electron chi connectivity index (χ4n) is 4.12. The van der Waals surface area contributed by atoms with Gasteiger partial charge in [0.25, 0.3) is 5.69 Å². The number of ether oxygens (including phenoxy) is 1. The number of benzene rings is 2. The molecule has 2 aromatic rings. The van der Waals surface area contributed by atoms with Gasteiger partial charge in [-0.05, 0) is 31.4 Å². The molecule has 0 bridgehead atoms. The number of anilines is 2. The van der Waals surface area contributed by atoms with E-state index >= 15 is 0 Å². The van der Waals surface area contributed by atoms with E-state index in [9.17, 15) is 14.9 Å². The molecule has 0 aliphatic carbocycles. The van der Waals surface area contributed by atoms with Crippen molar-refractivity contribution in [2.75, 3.05) is 36.5 Å². The Hall–Kier alpha value is -3.13. The standard InChI is InChI=1S/C22H26N4O4/c1-16-3-2-4-17(13-16)15-24-9-7-18(8-10-24)23-20-6-5-19(26(28)29)14-21(20)25-11-12-30-22(25)27/h2-6,13-14,18,23H,7-12,15H2,1H3. The van der Waals surface area contributed by atoms with Crippen molar-refractivity contribution in [1.29, 1.82) is 0 Å². The van der Waals surface area contributed by atoms with Crippen molar-refractivity contribution in [3.63, 3.8) is 0 Å². The molecule has 1 amide bonds. The van der Waals surface area contributed by atoms with Gasteiger partial charge in [-0.3, -0.25) is 19.9 Å². The second kappa shape index (κ2) is 8.71. The molecule has 30 heavy (non-hydrogen) atoms. The highest BCUT2D eigenvalue weighted by atomic mass is 16.6. The van der Waals surface area contributed by atoms with Gasteiger partial charge in [0, 0.05) is 37.8 Å². The number of amides is 1. The van der Waals surface area contributed by atoms with Crippen LogP contribution < -0.4 is 10.2 Å². The first-order chi connectivity index (χ1) is 14.5. The zero-order valence-electron chi connectivity index (χ0n) is 17.0. The third-order valence-corrected chi connectivity index (χ3v) is 5.68. The van der Waals surface area contributed by atoms with Crippen molar-refractivity contribution in [2.45, 2.75) is 32.4 Å². The lowest BCUT2D eigenvalue weighted by atomic mass is 10.0. The van der Waals surface area contributed by atoms with Gasteiger partial charge < -0.3 is 10.1 Å². The van der Waals surface area contributed by atoms with Crippen LogP contribution in [0.4, 0.5) is 21.9 Å². The highest BCUT2D eigenvalue weighted by Crippen LogP contribution is 2.33. The summed E-state index contributed by atoms with van der Waals surface area (Å²) < 4.78 is 5.03. The summed E-state index contributed by atoms with van der Waals surface area (Å²) in [5.41, 5.74) is 3.80. The summed E-state index contributed by atoms with van der Waals surface area (Å²) in [4.78, 5) is 26.7. The summed E-state index contributed by atoms with van der Waals surface area (Å²) in [7, 11) is 0. The number of non-ortho nitro benzene ring substituents is 1. The maximum Gasteiger partial charge on any atom is 0.414 e. The van der Waals surface area contributed by atoms with E-state index in [-0.39, 0.29) is 18.3 Å². The Morgan fingerprint density at radius 1 is 1.17 bits per heavy atom. The molecule has 8 heteroatoms. The number of piperidine rings is 1. The molecule has 0 aromatic heterocycles. The van der Waals surface area contributed by atoms with E-state index in [1.165, 1.54) is 28.2 Å². The van der Waals surface area contributed by atoms with E-state index in [2.05, 4.69) is 41.4 Å². The number of nitrogens with one attached hydrogen (secondary N) is 1. The van der Waals surface area contributed by atoms with Crippen molar-refractivity contribution in [3.05, 3.63) is 63.7 Å². The summed E-state index contributed by atoms with van der Waals surface area (Å²) in [6.07, 6.45) is 1.46. The predicted molar refractivity (Wildman–Crippen MR) is 115 cm³/mol. The minimum atomic E-state index is -0.466. The van der Waals surface area contributed by atoms with Crippen molar-refractivity contribution in [1.82, 2.24) is 4.90 Å². The van der Waals surface area contributed by atoms with Gasteiger partial charge in [-0.1, -0.05) is 29.8 Å². The number of carbonyl (C=O) groups is 1. The van der Waals surface area contributed by atoms with Crippen LogP contribution in [0.2, 0.25) is 0 Å². The number of likely N-dealkylation sites (tertiary alicyclic amines) is 1. The van der Waals surface area contributed by atoms with E-state index in [1.54, 1.807) is 6.07 Å². The molecule has 158 valence electrons. The normalized spacial score (nSPS) is 17.8. The van der Waals surface area contributed by atoms with Crippen LogP contribution in [0.3, 0.4) is 0 Å². The van der Waals surface area contributed by atoms with Crippen LogP contribution in [0.5, 0.6) is 0 Å². The van der Waals surface area contributed by atoms with E-state index in [0.29, 0.717) is 12.2 Å². The Morgan fingerprint density at radius 2 is 1.97 bits per heavy atom. The SMILES string of the molecule is Cc1cccc(CN2CCC(Nc3ccc([N+](=O)[O-])cc3N3CCOC3=O)CC2)c1. The number of cyclic esters (lactones) is 1. The number of carbonyl (C=O) groups excluding carboxylic acids is 1. The third kappa shape index (κ3) is 4.54. The second-order valence-electron chi connectivity index (χ2n) is 7.91. The van der Waals surface area contributed by atoms with E-state index in [0.717, 1.165) is 38.2 Å². The number of hydrogen-bond donors (Lipinski definition) is 1. The molecule has 0 unspecified atom stereocenters. The topological polar surface area (TPSA) is 87.9 Å². The number of nitrogens with zero attached hydrogens (tertiary/aromatic N) is 3. The molecule has 2 aromatic carbocycles. The van der Waals surface area contributed by atoms with E-state index in [4.69, 9.17) is 4.74 Å². The molecular formula is C22H26N4O4. The lowest BCUT2D eigenvalue weighted by Gasteiger charge is -2.33. The molecule has 2 heterocycles. The Balaban J connectivity index is 1.42. The predicted octanol–water partition coefficient (Wildman–Crippen LogP) is 3.94. The molecule has 0 atom stereocenters. The fraction of sp³-hybridized carbons (Fsp3) is 0.409. The van der Waals surface area contributed by atoms with E-state index < -0.39 is 11.0 Å². The number of nitro groups is 1. The Bertz CT molecular complexity index is 940. The van der Waals surface area contributed by atoms with Crippen molar-refractivity contribution in [2.24, 2.45) is 0 Å².